The first-order chi connectivity index (χ1) is 10.1. The molecule has 21 heavy (non-hydrogen) atoms. The van der Waals surface area contributed by atoms with Crippen LogP contribution < -0.4 is 10.6 Å². The Balaban J connectivity index is 1.70. The molecule has 0 aliphatic carbocycles. The van der Waals surface area contributed by atoms with Gasteiger partial charge in [0.1, 0.15) is 5.82 Å². The van der Waals surface area contributed by atoms with E-state index in [1.807, 2.05) is 29.2 Å². The molecule has 4 nitrogen and oxygen atoms in total. The van der Waals surface area contributed by atoms with Gasteiger partial charge in [-0.15, -0.1) is 11.8 Å². The molecular formula is C16H17N3OS. The molecule has 5 heteroatoms. The van der Waals surface area contributed by atoms with E-state index in [1.165, 1.54) is 17.3 Å². The third-order valence-electron chi connectivity index (χ3n) is 3.60. The topological polar surface area (TPSA) is 59.2 Å². The van der Waals surface area contributed by atoms with E-state index < -0.39 is 0 Å². The van der Waals surface area contributed by atoms with E-state index in [2.05, 4.69) is 18.0 Å². The van der Waals surface area contributed by atoms with E-state index >= 15 is 0 Å². The summed E-state index contributed by atoms with van der Waals surface area (Å²) >= 11 is 1.49. The van der Waals surface area contributed by atoms with Crippen molar-refractivity contribution in [3.05, 3.63) is 48.2 Å². The van der Waals surface area contributed by atoms with Crippen LogP contribution in [0.3, 0.4) is 0 Å². The maximum Gasteiger partial charge on any atom is 0.237 e. The predicted molar refractivity (Wildman–Crippen MR) is 86.5 cm³/mol. The lowest BCUT2D eigenvalue weighted by atomic mass is 10.1. The van der Waals surface area contributed by atoms with Crippen LogP contribution in [0.25, 0.3) is 0 Å². The first-order valence-corrected chi connectivity index (χ1v) is 7.88. The standard InChI is InChI=1S/C16H17N3OS/c1-11-8-12-4-2-3-5-14(12)19(11)16(20)10-21-13-6-7-15(17)18-9-13/h2-7,9,11H,8,10H2,1H3,(H2,17,18). The third-order valence-corrected chi connectivity index (χ3v) is 4.56. The minimum absolute atomic E-state index is 0.134. The molecule has 1 aliphatic heterocycles. The van der Waals surface area contributed by atoms with Gasteiger partial charge in [-0.3, -0.25) is 4.79 Å². The van der Waals surface area contributed by atoms with E-state index in [4.69, 9.17) is 5.73 Å². The second kappa shape index (κ2) is 5.77. The smallest absolute Gasteiger partial charge is 0.237 e. The van der Waals surface area contributed by atoms with Crippen LogP contribution in [-0.2, 0) is 11.2 Å². The minimum atomic E-state index is 0.134. The molecule has 2 heterocycles. The Bertz CT molecular complexity index is 657. The van der Waals surface area contributed by atoms with E-state index in [0.717, 1.165) is 17.0 Å². The van der Waals surface area contributed by atoms with Crippen LogP contribution in [0.5, 0.6) is 0 Å². The van der Waals surface area contributed by atoms with Gasteiger partial charge >= 0.3 is 0 Å². The fourth-order valence-corrected chi connectivity index (χ4v) is 3.36. The number of hydrogen-bond donors (Lipinski definition) is 1. The van der Waals surface area contributed by atoms with Gasteiger partial charge < -0.3 is 10.6 Å². The lowest BCUT2D eigenvalue weighted by Crippen LogP contribution is -2.36. The Morgan fingerprint density at radius 3 is 2.95 bits per heavy atom. The molecule has 0 spiro atoms. The van der Waals surface area contributed by atoms with Crippen molar-refractivity contribution in [2.24, 2.45) is 0 Å². The number of thioether (sulfide) groups is 1. The summed E-state index contributed by atoms with van der Waals surface area (Å²) in [6.45, 7) is 2.09. The van der Waals surface area contributed by atoms with Crippen LogP contribution in [0, 0.1) is 0 Å². The molecule has 1 aromatic carbocycles. The van der Waals surface area contributed by atoms with Gasteiger partial charge in [0.2, 0.25) is 5.91 Å². The van der Waals surface area contributed by atoms with Crippen molar-refractivity contribution >= 4 is 29.2 Å². The summed E-state index contributed by atoms with van der Waals surface area (Å²) in [5, 5.41) is 0. The van der Waals surface area contributed by atoms with Gasteiger partial charge in [-0.25, -0.2) is 4.98 Å². The third kappa shape index (κ3) is 2.88. The van der Waals surface area contributed by atoms with Crippen LogP contribution in [0.15, 0.2) is 47.5 Å². The van der Waals surface area contributed by atoms with E-state index in [0.29, 0.717) is 11.6 Å². The molecule has 1 atom stereocenters. The molecule has 0 saturated heterocycles. The molecule has 2 aromatic rings. The predicted octanol–water partition coefficient (Wildman–Crippen LogP) is 2.73. The monoisotopic (exact) mass is 299 g/mol. The number of aromatic nitrogens is 1. The second-order valence-corrected chi connectivity index (χ2v) is 6.20. The molecule has 0 bridgehead atoms. The fraction of sp³-hybridized carbons (Fsp3) is 0.250. The molecule has 2 N–H and O–H groups in total. The number of carbonyl (C=O) groups excluding carboxylic acids is 1. The van der Waals surface area contributed by atoms with Gasteiger partial charge in [0.05, 0.1) is 5.75 Å². The zero-order valence-corrected chi connectivity index (χ0v) is 12.6. The second-order valence-electron chi connectivity index (χ2n) is 5.15. The minimum Gasteiger partial charge on any atom is -0.384 e. The fourth-order valence-electron chi connectivity index (χ4n) is 2.64. The summed E-state index contributed by atoms with van der Waals surface area (Å²) in [6.07, 6.45) is 2.63. The van der Waals surface area contributed by atoms with Crippen LogP contribution in [-0.4, -0.2) is 22.7 Å². The van der Waals surface area contributed by atoms with Gasteiger partial charge in [0.15, 0.2) is 0 Å². The van der Waals surface area contributed by atoms with Gasteiger partial charge in [0, 0.05) is 22.8 Å². The molecule has 0 radical (unpaired) electrons. The number of rotatable bonds is 3. The quantitative estimate of drug-likeness (QED) is 0.885. The largest absolute Gasteiger partial charge is 0.384 e. The van der Waals surface area contributed by atoms with Crippen molar-refractivity contribution in [2.75, 3.05) is 16.4 Å². The summed E-state index contributed by atoms with van der Waals surface area (Å²) in [7, 11) is 0. The molecular weight excluding hydrogens is 282 g/mol. The summed E-state index contributed by atoms with van der Waals surface area (Å²) < 4.78 is 0. The van der Waals surface area contributed by atoms with Crippen molar-refractivity contribution in [3.8, 4) is 0 Å². The summed E-state index contributed by atoms with van der Waals surface area (Å²) in [4.78, 5) is 19.4. The van der Waals surface area contributed by atoms with Crippen molar-refractivity contribution < 1.29 is 4.79 Å². The Hall–Kier alpha value is -2.01. The lowest BCUT2D eigenvalue weighted by molar-refractivity contribution is -0.116. The van der Waals surface area contributed by atoms with Crippen molar-refractivity contribution in [3.63, 3.8) is 0 Å². The number of nitrogen functional groups attached to an aromatic ring is 1. The van der Waals surface area contributed by atoms with E-state index in [9.17, 15) is 4.79 Å². The van der Waals surface area contributed by atoms with Crippen molar-refractivity contribution in [2.45, 2.75) is 24.3 Å². The molecule has 1 unspecified atom stereocenters. The Morgan fingerprint density at radius 1 is 1.38 bits per heavy atom. The average Bonchev–Trinajstić information content (AvgIpc) is 2.82. The number of benzene rings is 1. The van der Waals surface area contributed by atoms with Crippen LogP contribution in [0.4, 0.5) is 11.5 Å². The number of amides is 1. The highest BCUT2D eigenvalue weighted by molar-refractivity contribution is 8.00. The van der Waals surface area contributed by atoms with Crippen LogP contribution in [0.2, 0.25) is 0 Å². The molecule has 1 aliphatic rings. The van der Waals surface area contributed by atoms with Gasteiger partial charge in [-0.1, -0.05) is 18.2 Å². The highest BCUT2D eigenvalue weighted by Crippen LogP contribution is 2.32. The molecule has 3 rings (SSSR count). The first kappa shape index (κ1) is 13.9. The molecule has 0 saturated carbocycles. The van der Waals surface area contributed by atoms with Gasteiger partial charge in [-0.05, 0) is 37.1 Å². The van der Waals surface area contributed by atoms with Crippen LogP contribution >= 0.6 is 11.8 Å². The highest BCUT2D eigenvalue weighted by atomic mass is 32.2. The Morgan fingerprint density at radius 2 is 2.19 bits per heavy atom. The molecule has 1 amide bonds. The van der Waals surface area contributed by atoms with Crippen LogP contribution in [0.1, 0.15) is 12.5 Å². The summed E-state index contributed by atoms with van der Waals surface area (Å²) in [5.41, 5.74) is 7.85. The van der Waals surface area contributed by atoms with E-state index in [1.54, 1.807) is 12.3 Å². The Kier molecular flexibility index (Phi) is 3.84. The number of hydrogen-bond acceptors (Lipinski definition) is 4. The Labute approximate surface area is 128 Å². The van der Waals surface area contributed by atoms with Crippen molar-refractivity contribution in [1.82, 2.24) is 4.98 Å². The molecule has 108 valence electrons. The summed E-state index contributed by atoms with van der Waals surface area (Å²) in [6, 6.07) is 12.0. The lowest BCUT2D eigenvalue weighted by Gasteiger charge is -2.22. The zero-order chi connectivity index (χ0) is 14.8. The maximum atomic E-state index is 12.5. The SMILES string of the molecule is CC1Cc2ccccc2N1C(=O)CSc1ccc(N)nc1. The molecule has 1 aromatic heterocycles. The number of nitrogens with zero attached hydrogens (tertiary/aromatic N) is 2. The number of carbonyl (C=O) groups is 1. The average molecular weight is 299 g/mol. The number of anilines is 2. The van der Waals surface area contributed by atoms with Crippen molar-refractivity contribution in [1.29, 1.82) is 0 Å². The number of nitrogens with two attached hydrogens (primary N) is 1. The zero-order valence-electron chi connectivity index (χ0n) is 11.8. The normalized spacial score (nSPS) is 16.8. The number of fused-ring (bicyclic) bond motifs is 1. The highest BCUT2D eigenvalue weighted by Gasteiger charge is 2.30. The molecule has 0 fully saturated rings. The first-order valence-electron chi connectivity index (χ1n) is 6.89. The number of pyridine rings is 1. The van der Waals surface area contributed by atoms with Gasteiger partial charge in [-0.2, -0.15) is 0 Å². The number of para-hydroxylation sites is 1. The maximum absolute atomic E-state index is 12.5. The summed E-state index contributed by atoms with van der Waals surface area (Å²) in [5.74, 6) is 1.03. The van der Waals surface area contributed by atoms with Gasteiger partial charge in [0.25, 0.3) is 0 Å². The van der Waals surface area contributed by atoms with E-state index in [-0.39, 0.29) is 11.9 Å².